The van der Waals surface area contributed by atoms with Crippen LogP contribution in [0.4, 0.5) is 4.79 Å². The van der Waals surface area contributed by atoms with Gasteiger partial charge in [-0.15, -0.1) is 0 Å². The van der Waals surface area contributed by atoms with Crippen molar-refractivity contribution < 1.29 is 14.3 Å². The summed E-state index contributed by atoms with van der Waals surface area (Å²) in [6, 6.07) is 7.16. The molecule has 5 heteroatoms. The summed E-state index contributed by atoms with van der Waals surface area (Å²) in [4.78, 5) is 27.3. The summed E-state index contributed by atoms with van der Waals surface area (Å²) < 4.78 is 5.33. The molecule has 3 rings (SSSR count). The lowest BCUT2D eigenvalue weighted by Crippen LogP contribution is -2.36. The number of nitrogens with zero attached hydrogens (tertiary/aromatic N) is 2. The van der Waals surface area contributed by atoms with E-state index in [1.54, 1.807) is 6.92 Å². The summed E-state index contributed by atoms with van der Waals surface area (Å²) in [6.45, 7) is 4.43. The molecule has 2 heterocycles. The first-order valence-corrected chi connectivity index (χ1v) is 6.39. The molecule has 0 radical (unpaired) electrons. The zero-order valence-corrected chi connectivity index (χ0v) is 11.0. The van der Waals surface area contributed by atoms with E-state index < -0.39 is 6.04 Å². The first-order chi connectivity index (χ1) is 9.08. The molecule has 1 unspecified atom stereocenters. The normalized spacial score (nSPS) is 26.2. The molecule has 0 aliphatic carbocycles. The van der Waals surface area contributed by atoms with Crippen LogP contribution in [0.2, 0.25) is 0 Å². The summed E-state index contributed by atoms with van der Waals surface area (Å²) in [7, 11) is 0. The molecule has 2 atom stereocenters. The van der Waals surface area contributed by atoms with Crippen molar-refractivity contribution in [2.45, 2.75) is 32.7 Å². The van der Waals surface area contributed by atoms with Crippen molar-refractivity contribution in [2.24, 2.45) is 0 Å². The molecule has 1 aromatic rings. The molecule has 5 nitrogen and oxygen atoms in total. The first kappa shape index (κ1) is 12.2. The Morgan fingerprint density at radius 3 is 2.58 bits per heavy atom. The van der Waals surface area contributed by atoms with Gasteiger partial charge in [-0.2, -0.15) is 0 Å². The topological polar surface area (TPSA) is 49.9 Å². The van der Waals surface area contributed by atoms with Gasteiger partial charge in [-0.05, 0) is 19.4 Å². The van der Waals surface area contributed by atoms with Gasteiger partial charge in [0.05, 0.1) is 13.2 Å². The van der Waals surface area contributed by atoms with E-state index in [1.807, 2.05) is 31.2 Å². The number of rotatable bonds is 2. The van der Waals surface area contributed by atoms with E-state index in [2.05, 4.69) is 0 Å². The Balaban J connectivity index is 1.80. The van der Waals surface area contributed by atoms with Crippen molar-refractivity contribution >= 4 is 11.9 Å². The number of benzene rings is 1. The van der Waals surface area contributed by atoms with Crippen LogP contribution >= 0.6 is 0 Å². The van der Waals surface area contributed by atoms with Gasteiger partial charge in [0.2, 0.25) is 0 Å². The Kier molecular flexibility index (Phi) is 2.78. The van der Waals surface area contributed by atoms with Crippen LogP contribution in [-0.4, -0.2) is 40.6 Å². The van der Waals surface area contributed by atoms with E-state index in [1.165, 1.54) is 9.80 Å². The summed E-state index contributed by atoms with van der Waals surface area (Å²) in [5.41, 5.74) is 2.12. The van der Waals surface area contributed by atoms with Gasteiger partial charge >= 0.3 is 6.03 Å². The van der Waals surface area contributed by atoms with E-state index in [9.17, 15) is 9.59 Å². The lowest BCUT2D eigenvalue weighted by molar-refractivity contribution is -0.128. The summed E-state index contributed by atoms with van der Waals surface area (Å²) in [5.74, 6) is -0.157. The van der Waals surface area contributed by atoms with Crippen LogP contribution in [0, 0.1) is 6.92 Å². The van der Waals surface area contributed by atoms with E-state index in [0.29, 0.717) is 13.2 Å². The summed E-state index contributed by atoms with van der Waals surface area (Å²) >= 11 is 0. The molecule has 2 fully saturated rings. The molecular weight excluding hydrogens is 244 g/mol. The second-order valence-corrected chi connectivity index (χ2v) is 5.05. The van der Waals surface area contributed by atoms with Gasteiger partial charge in [0.25, 0.3) is 5.91 Å². The smallest absolute Gasteiger partial charge is 0.329 e. The van der Waals surface area contributed by atoms with Crippen molar-refractivity contribution in [3.63, 3.8) is 0 Å². The number of carbonyl (C=O) groups is 2. The molecule has 0 spiro atoms. The maximum Gasteiger partial charge on any atom is 0.329 e. The molecule has 0 N–H and O–H groups in total. The minimum Gasteiger partial charge on any atom is -0.356 e. The molecule has 0 saturated carbocycles. The minimum atomic E-state index is -0.437. The minimum absolute atomic E-state index is 0.157. The zero-order valence-electron chi connectivity index (χ0n) is 11.0. The highest BCUT2D eigenvalue weighted by Gasteiger charge is 2.51. The van der Waals surface area contributed by atoms with E-state index in [-0.39, 0.29) is 18.2 Å². The maximum absolute atomic E-state index is 12.2. The van der Waals surface area contributed by atoms with Gasteiger partial charge in [0.15, 0.2) is 0 Å². The Hall–Kier alpha value is -1.88. The molecule has 19 heavy (non-hydrogen) atoms. The second kappa shape index (κ2) is 4.35. The summed E-state index contributed by atoms with van der Waals surface area (Å²) in [6.07, 6.45) is -0.315. The Morgan fingerprint density at radius 2 is 1.95 bits per heavy atom. The molecule has 1 aromatic carbocycles. The lowest BCUT2D eigenvalue weighted by Gasteiger charge is -2.19. The molecule has 2 aliphatic heterocycles. The second-order valence-electron chi connectivity index (χ2n) is 5.05. The van der Waals surface area contributed by atoms with Gasteiger partial charge < -0.3 is 4.74 Å². The molecule has 0 bridgehead atoms. The number of fused-ring (bicyclic) bond motifs is 1. The third-order valence-corrected chi connectivity index (χ3v) is 3.69. The van der Waals surface area contributed by atoms with Crippen LogP contribution in [-0.2, 0) is 16.1 Å². The zero-order chi connectivity index (χ0) is 13.6. The highest BCUT2D eigenvalue weighted by atomic mass is 16.5. The highest BCUT2D eigenvalue weighted by molar-refractivity contribution is 6.04. The third kappa shape index (κ3) is 1.90. The van der Waals surface area contributed by atoms with Crippen molar-refractivity contribution in [1.82, 2.24) is 9.80 Å². The summed E-state index contributed by atoms with van der Waals surface area (Å²) in [5, 5.41) is 0. The quantitative estimate of drug-likeness (QED) is 0.757. The van der Waals surface area contributed by atoms with Gasteiger partial charge in [-0.25, -0.2) is 4.79 Å². The SMILES string of the molecule is Cc1ccc(CN2C(=O)[C@H]3COC(C)N3C2=O)cc1. The van der Waals surface area contributed by atoms with Gasteiger partial charge in [0, 0.05) is 0 Å². The van der Waals surface area contributed by atoms with Crippen LogP contribution < -0.4 is 0 Å². The molecule has 100 valence electrons. The van der Waals surface area contributed by atoms with Crippen LogP contribution in [0.5, 0.6) is 0 Å². The first-order valence-electron chi connectivity index (χ1n) is 6.39. The molecule has 0 aromatic heterocycles. The Morgan fingerprint density at radius 1 is 1.26 bits per heavy atom. The molecule has 2 aliphatic rings. The predicted molar refractivity (Wildman–Crippen MR) is 68.2 cm³/mol. The number of urea groups is 1. The molecule has 2 saturated heterocycles. The monoisotopic (exact) mass is 260 g/mol. The standard InChI is InChI=1S/C14H16N2O3/c1-9-3-5-11(6-4-9)7-15-13(17)12-8-19-10(2)16(12)14(15)18/h3-6,10,12H,7-8H2,1-2H3/t10?,12-/m1/s1. The highest BCUT2D eigenvalue weighted by Crippen LogP contribution is 2.28. The largest absolute Gasteiger partial charge is 0.356 e. The fourth-order valence-corrected chi connectivity index (χ4v) is 2.56. The predicted octanol–water partition coefficient (Wildman–Crippen LogP) is 1.50. The van der Waals surface area contributed by atoms with Gasteiger partial charge in [0.1, 0.15) is 12.3 Å². The number of amides is 3. The Bertz CT molecular complexity index is 526. The number of imide groups is 1. The molecule has 3 amide bonds. The average molecular weight is 260 g/mol. The van der Waals surface area contributed by atoms with E-state index in [4.69, 9.17) is 4.74 Å². The average Bonchev–Trinajstić information content (AvgIpc) is 2.88. The van der Waals surface area contributed by atoms with Crippen LogP contribution in [0.3, 0.4) is 0 Å². The number of ether oxygens (including phenoxy) is 1. The van der Waals surface area contributed by atoms with E-state index >= 15 is 0 Å². The number of hydrogen-bond acceptors (Lipinski definition) is 3. The van der Waals surface area contributed by atoms with Crippen LogP contribution in [0.25, 0.3) is 0 Å². The fraction of sp³-hybridized carbons (Fsp3) is 0.429. The number of aryl methyl sites for hydroxylation is 1. The Labute approximate surface area is 111 Å². The number of hydrogen-bond donors (Lipinski definition) is 0. The van der Waals surface area contributed by atoms with Crippen LogP contribution in [0.1, 0.15) is 18.1 Å². The number of carbonyl (C=O) groups excluding carboxylic acids is 2. The van der Waals surface area contributed by atoms with Crippen molar-refractivity contribution in [1.29, 1.82) is 0 Å². The third-order valence-electron chi connectivity index (χ3n) is 3.69. The fourth-order valence-electron chi connectivity index (χ4n) is 2.56. The lowest BCUT2D eigenvalue weighted by atomic mass is 10.1. The van der Waals surface area contributed by atoms with Crippen molar-refractivity contribution in [3.05, 3.63) is 35.4 Å². The van der Waals surface area contributed by atoms with Crippen molar-refractivity contribution in [2.75, 3.05) is 6.61 Å². The maximum atomic E-state index is 12.2. The van der Waals surface area contributed by atoms with Gasteiger partial charge in [-0.3, -0.25) is 14.6 Å². The van der Waals surface area contributed by atoms with E-state index in [0.717, 1.165) is 11.1 Å². The van der Waals surface area contributed by atoms with Gasteiger partial charge in [-0.1, -0.05) is 29.8 Å². The molecular formula is C14H16N2O3. The van der Waals surface area contributed by atoms with Crippen molar-refractivity contribution in [3.8, 4) is 0 Å². The van der Waals surface area contributed by atoms with Crippen LogP contribution in [0.15, 0.2) is 24.3 Å².